The molecule has 0 fully saturated rings. The predicted octanol–water partition coefficient (Wildman–Crippen LogP) is 1.55. The summed E-state index contributed by atoms with van der Waals surface area (Å²) in [6.45, 7) is 0.466. The standard InChI is InChI=1S/C20H22FN3O4/c1-23(10-13-7-8-16(27-2)14(21)9-13)19(25)12-24-11-18(20(22)26)28-17-6-4-3-5-15(17)24/h3-9,18H,10-12H2,1-2H3,(H2,22,26)/t18-/m1/s1. The number of nitrogens with zero attached hydrogens (tertiary/aromatic N) is 2. The maximum Gasteiger partial charge on any atom is 0.260 e. The lowest BCUT2D eigenvalue weighted by Crippen LogP contribution is -2.50. The summed E-state index contributed by atoms with van der Waals surface area (Å²) in [5, 5.41) is 0. The molecule has 0 saturated carbocycles. The van der Waals surface area contributed by atoms with E-state index in [1.165, 1.54) is 24.1 Å². The molecule has 0 unspecified atom stereocenters. The second kappa shape index (κ2) is 8.16. The molecule has 0 aromatic heterocycles. The molecule has 2 N–H and O–H groups in total. The Labute approximate surface area is 162 Å². The van der Waals surface area contributed by atoms with Gasteiger partial charge < -0.3 is 25.0 Å². The number of rotatable bonds is 6. The lowest BCUT2D eigenvalue weighted by atomic mass is 10.1. The number of fused-ring (bicyclic) bond motifs is 1. The minimum atomic E-state index is -0.830. The zero-order valence-electron chi connectivity index (χ0n) is 15.7. The molecule has 1 aliphatic heterocycles. The molecule has 0 aliphatic carbocycles. The number of hydrogen-bond acceptors (Lipinski definition) is 5. The number of para-hydroxylation sites is 2. The van der Waals surface area contributed by atoms with Gasteiger partial charge in [-0.1, -0.05) is 18.2 Å². The number of carbonyl (C=O) groups is 2. The van der Waals surface area contributed by atoms with Gasteiger partial charge in [-0.3, -0.25) is 9.59 Å². The van der Waals surface area contributed by atoms with Crippen LogP contribution in [0.25, 0.3) is 0 Å². The SMILES string of the molecule is COc1ccc(CN(C)C(=O)CN2C[C@H](C(N)=O)Oc3ccccc32)cc1F. The number of primary amides is 1. The van der Waals surface area contributed by atoms with Crippen molar-refractivity contribution < 1.29 is 23.5 Å². The highest BCUT2D eigenvalue weighted by molar-refractivity contribution is 5.85. The number of anilines is 1. The van der Waals surface area contributed by atoms with Crippen LogP contribution in [0.3, 0.4) is 0 Å². The lowest BCUT2D eigenvalue weighted by molar-refractivity contribution is -0.129. The fourth-order valence-electron chi connectivity index (χ4n) is 3.06. The Morgan fingerprint density at radius 3 is 2.75 bits per heavy atom. The Hall–Kier alpha value is -3.29. The average Bonchev–Trinajstić information content (AvgIpc) is 2.67. The Morgan fingerprint density at radius 2 is 2.07 bits per heavy atom. The second-order valence-corrected chi connectivity index (χ2v) is 6.58. The molecule has 0 radical (unpaired) electrons. The molecule has 148 valence electrons. The van der Waals surface area contributed by atoms with Gasteiger partial charge in [0.15, 0.2) is 17.7 Å². The molecule has 8 heteroatoms. The number of nitrogens with two attached hydrogens (primary N) is 1. The zero-order valence-corrected chi connectivity index (χ0v) is 15.7. The van der Waals surface area contributed by atoms with Gasteiger partial charge in [0.25, 0.3) is 5.91 Å². The highest BCUT2D eigenvalue weighted by Crippen LogP contribution is 2.32. The Balaban J connectivity index is 1.71. The molecule has 2 aromatic carbocycles. The molecule has 1 heterocycles. The van der Waals surface area contributed by atoms with Crippen LogP contribution in [0.15, 0.2) is 42.5 Å². The van der Waals surface area contributed by atoms with Crippen molar-refractivity contribution >= 4 is 17.5 Å². The number of amides is 2. The number of hydrogen-bond donors (Lipinski definition) is 1. The van der Waals surface area contributed by atoms with Crippen LogP contribution in [-0.4, -0.2) is 50.1 Å². The van der Waals surface area contributed by atoms with Gasteiger partial charge in [-0.15, -0.1) is 0 Å². The fraction of sp³-hybridized carbons (Fsp3) is 0.300. The van der Waals surface area contributed by atoms with Gasteiger partial charge in [0.2, 0.25) is 5.91 Å². The van der Waals surface area contributed by atoms with Crippen molar-refractivity contribution in [3.8, 4) is 11.5 Å². The van der Waals surface area contributed by atoms with Crippen molar-refractivity contribution in [3.05, 3.63) is 53.8 Å². The summed E-state index contributed by atoms with van der Waals surface area (Å²) in [6.07, 6.45) is -0.830. The first kappa shape index (κ1) is 19.5. The third-order valence-corrected chi connectivity index (χ3v) is 4.57. The summed E-state index contributed by atoms with van der Waals surface area (Å²) in [5.41, 5.74) is 6.75. The largest absolute Gasteiger partial charge is 0.494 e. The van der Waals surface area contributed by atoms with Gasteiger partial charge in [0.05, 0.1) is 25.9 Å². The Bertz CT molecular complexity index is 890. The van der Waals surface area contributed by atoms with E-state index < -0.39 is 17.8 Å². The predicted molar refractivity (Wildman–Crippen MR) is 102 cm³/mol. The van der Waals surface area contributed by atoms with Crippen LogP contribution in [0.5, 0.6) is 11.5 Å². The number of methoxy groups -OCH3 is 1. The van der Waals surface area contributed by atoms with E-state index in [2.05, 4.69) is 0 Å². The molecule has 7 nitrogen and oxygen atoms in total. The van der Waals surface area contributed by atoms with Gasteiger partial charge in [0, 0.05) is 13.6 Å². The number of benzene rings is 2. The summed E-state index contributed by atoms with van der Waals surface area (Å²) in [6, 6.07) is 11.7. The maximum absolute atomic E-state index is 13.9. The van der Waals surface area contributed by atoms with Crippen LogP contribution in [0.1, 0.15) is 5.56 Å². The van der Waals surface area contributed by atoms with Crippen molar-refractivity contribution in [1.82, 2.24) is 4.90 Å². The molecular formula is C20H22FN3O4. The molecule has 0 saturated heterocycles. The fourth-order valence-corrected chi connectivity index (χ4v) is 3.06. The van der Waals surface area contributed by atoms with E-state index >= 15 is 0 Å². The quantitative estimate of drug-likeness (QED) is 0.813. The zero-order chi connectivity index (χ0) is 20.3. The van der Waals surface area contributed by atoms with Gasteiger partial charge >= 0.3 is 0 Å². The Morgan fingerprint density at radius 1 is 1.32 bits per heavy atom. The minimum absolute atomic E-state index is 0.0410. The molecule has 3 rings (SSSR count). The van der Waals surface area contributed by atoms with Crippen LogP contribution in [-0.2, 0) is 16.1 Å². The van der Waals surface area contributed by atoms with Crippen molar-refractivity contribution in [2.45, 2.75) is 12.6 Å². The summed E-state index contributed by atoms with van der Waals surface area (Å²) in [5.74, 6) is -0.595. The van der Waals surface area contributed by atoms with Crippen molar-refractivity contribution in [3.63, 3.8) is 0 Å². The van der Waals surface area contributed by atoms with Gasteiger partial charge in [-0.2, -0.15) is 0 Å². The monoisotopic (exact) mass is 387 g/mol. The maximum atomic E-state index is 13.9. The highest BCUT2D eigenvalue weighted by Gasteiger charge is 2.30. The van der Waals surface area contributed by atoms with Gasteiger partial charge in [0.1, 0.15) is 5.75 Å². The van der Waals surface area contributed by atoms with Crippen molar-refractivity contribution in [2.24, 2.45) is 5.73 Å². The minimum Gasteiger partial charge on any atom is -0.494 e. The Kier molecular flexibility index (Phi) is 5.67. The van der Waals surface area contributed by atoms with Crippen molar-refractivity contribution in [1.29, 1.82) is 0 Å². The first-order valence-corrected chi connectivity index (χ1v) is 8.75. The molecule has 2 aromatic rings. The summed E-state index contributed by atoms with van der Waals surface area (Å²) in [4.78, 5) is 27.6. The van der Waals surface area contributed by atoms with Crippen LogP contribution in [0.4, 0.5) is 10.1 Å². The first-order valence-electron chi connectivity index (χ1n) is 8.75. The third-order valence-electron chi connectivity index (χ3n) is 4.57. The number of likely N-dealkylation sites (N-methyl/N-ethyl adjacent to an activating group) is 1. The van der Waals surface area contributed by atoms with E-state index in [1.54, 1.807) is 30.1 Å². The van der Waals surface area contributed by atoms with E-state index in [9.17, 15) is 14.0 Å². The van der Waals surface area contributed by atoms with Crippen LogP contribution in [0, 0.1) is 5.82 Å². The molecular weight excluding hydrogens is 365 g/mol. The van der Waals surface area contributed by atoms with E-state index in [-0.39, 0.29) is 31.3 Å². The highest BCUT2D eigenvalue weighted by atomic mass is 19.1. The van der Waals surface area contributed by atoms with Gasteiger partial charge in [-0.05, 0) is 29.8 Å². The summed E-state index contributed by atoms with van der Waals surface area (Å²) in [7, 11) is 3.04. The molecule has 0 spiro atoms. The van der Waals surface area contributed by atoms with Crippen LogP contribution < -0.4 is 20.1 Å². The normalized spacial score (nSPS) is 15.4. The number of ether oxygens (including phenoxy) is 2. The van der Waals surface area contributed by atoms with Crippen molar-refractivity contribution in [2.75, 3.05) is 32.1 Å². The molecule has 0 bridgehead atoms. The second-order valence-electron chi connectivity index (χ2n) is 6.58. The number of carbonyl (C=O) groups excluding carboxylic acids is 2. The van der Waals surface area contributed by atoms with E-state index in [4.69, 9.17) is 15.2 Å². The van der Waals surface area contributed by atoms with Crippen LogP contribution in [0.2, 0.25) is 0 Å². The summed E-state index contributed by atoms with van der Waals surface area (Å²) < 4.78 is 24.4. The average molecular weight is 387 g/mol. The molecule has 1 aliphatic rings. The topological polar surface area (TPSA) is 85.1 Å². The summed E-state index contributed by atoms with van der Waals surface area (Å²) >= 11 is 0. The molecule has 28 heavy (non-hydrogen) atoms. The first-order chi connectivity index (χ1) is 13.4. The number of halogens is 1. The van der Waals surface area contributed by atoms with E-state index in [0.29, 0.717) is 11.3 Å². The van der Waals surface area contributed by atoms with E-state index in [0.717, 1.165) is 5.69 Å². The third kappa shape index (κ3) is 4.16. The van der Waals surface area contributed by atoms with Gasteiger partial charge in [-0.25, -0.2) is 4.39 Å². The van der Waals surface area contributed by atoms with E-state index in [1.807, 2.05) is 12.1 Å². The molecule has 2 amide bonds. The lowest BCUT2D eigenvalue weighted by Gasteiger charge is -2.35. The smallest absolute Gasteiger partial charge is 0.260 e. The molecule has 1 atom stereocenters. The van der Waals surface area contributed by atoms with Crippen LogP contribution >= 0.6 is 0 Å².